The minimum absolute atomic E-state index is 0.0139. The van der Waals surface area contributed by atoms with Crippen molar-refractivity contribution in [2.45, 2.75) is 168 Å². The number of aromatic nitrogens is 16. The zero-order valence-corrected chi connectivity index (χ0v) is 66.9. The summed E-state index contributed by atoms with van der Waals surface area (Å²) in [6, 6.07) is 1.04. The van der Waals surface area contributed by atoms with Crippen LogP contribution >= 0.6 is 39.1 Å². The molecule has 7 fully saturated rings. The number of aromatic amines is 2. The summed E-state index contributed by atoms with van der Waals surface area (Å²) in [5.74, 6) is -2.50. The van der Waals surface area contributed by atoms with Crippen molar-refractivity contribution in [1.29, 1.82) is 0 Å². The Morgan fingerprint density at radius 3 is 1.21 bits per heavy atom. The number of phosphoric ester groups is 5. The fourth-order valence-electron chi connectivity index (χ4n) is 14.3. The largest absolute Gasteiger partial charge is 0.472 e. The van der Waals surface area contributed by atoms with E-state index in [1.165, 1.54) is 44.7 Å². The van der Waals surface area contributed by atoms with Crippen molar-refractivity contribution in [3.05, 3.63) is 91.5 Å². The van der Waals surface area contributed by atoms with Crippen LogP contribution in [0.1, 0.15) is 76.6 Å². The zero-order chi connectivity index (χ0) is 87.2. The number of phosphoric acid groups is 5. The Balaban J connectivity index is 0.638. The number of fused-ring (bicyclic) bond motifs is 3. The Hall–Kier alpha value is -8.90. The van der Waals surface area contributed by atoms with Crippen LogP contribution in [0.25, 0.3) is 33.5 Å². The van der Waals surface area contributed by atoms with Crippen molar-refractivity contribution in [3.63, 3.8) is 0 Å². The smallest absolute Gasteiger partial charge is 0.394 e. The number of aliphatic hydroxyl groups excluding tert-OH is 3. The van der Waals surface area contributed by atoms with Crippen molar-refractivity contribution in [2.24, 2.45) is 0 Å². The average Bonchev–Trinajstić information content (AvgIpc) is 1.75. The van der Waals surface area contributed by atoms with E-state index >= 15 is 0 Å². The lowest BCUT2D eigenvalue weighted by atomic mass is 10.00. The first-order valence-electron chi connectivity index (χ1n) is 36.2. The topological polar surface area (TPSA) is 835 Å². The van der Waals surface area contributed by atoms with Crippen LogP contribution in [0.3, 0.4) is 0 Å². The van der Waals surface area contributed by atoms with Crippen LogP contribution in [-0.4, -0.2) is 270 Å². The molecule has 22 N–H and O–H groups in total. The molecule has 0 aromatic carbocycles. The predicted octanol–water partition coefficient (Wildman–Crippen LogP) is -4.44. The molecule has 0 bridgehead atoms. The number of hydrogen-bond acceptors (Lipinski definition) is 45. The molecule has 7 saturated heterocycles. The lowest BCUT2D eigenvalue weighted by Crippen LogP contribution is -2.70. The van der Waals surface area contributed by atoms with Gasteiger partial charge in [0.25, 0.3) is 17.0 Å². The van der Waals surface area contributed by atoms with Gasteiger partial charge in [0.2, 0.25) is 11.9 Å². The maximum absolute atomic E-state index is 14.5. The van der Waals surface area contributed by atoms with Gasteiger partial charge in [-0.15, -0.1) is 0 Å². The van der Waals surface area contributed by atoms with Crippen LogP contribution < -0.4 is 56.5 Å². The number of nitrogen functional groups attached to an aromatic ring is 5. The van der Waals surface area contributed by atoms with Crippen molar-refractivity contribution >= 4 is 114 Å². The van der Waals surface area contributed by atoms with Gasteiger partial charge >= 0.3 is 56.5 Å². The number of hydrogen-bond donors (Lipinski definition) is 17. The molecule has 0 aliphatic carbocycles. The highest BCUT2D eigenvalue weighted by Crippen LogP contribution is 2.57. The highest BCUT2D eigenvalue weighted by molar-refractivity contribution is 7.48. The Kier molecular flexibility index (Phi) is 24.7. The number of carbonyl (C=O) groups is 2. The second kappa shape index (κ2) is 34.2. The van der Waals surface area contributed by atoms with Crippen LogP contribution in [-0.2, 0) is 101 Å². The minimum Gasteiger partial charge on any atom is -0.394 e. The second-order valence-corrected chi connectivity index (χ2v) is 35.4. The first-order valence-corrected chi connectivity index (χ1v) is 43.7. The summed E-state index contributed by atoms with van der Waals surface area (Å²) in [7, 11) is -27.7. The van der Waals surface area contributed by atoms with Gasteiger partial charge in [0.15, 0.2) is 45.6 Å². The Morgan fingerprint density at radius 1 is 0.459 bits per heavy atom. The van der Waals surface area contributed by atoms with Crippen LogP contribution in [0.2, 0.25) is 0 Å². The fraction of sp³-hybridized carbons (Fsp3) is 0.569. The predicted molar refractivity (Wildman–Crippen MR) is 395 cm³/mol. The highest BCUT2D eigenvalue weighted by Gasteiger charge is 2.57. The second-order valence-electron chi connectivity index (χ2n) is 28.4. The average molecular weight is 1830 g/mol. The van der Waals surface area contributed by atoms with Crippen LogP contribution in [0.5, 0.6) is 0 Å². The third kappa shape index (κ3) is 18.9. The molecule has 7 unspecified atom stereocenters. The van der Waals surface area contributed by atoms with Gasteiger partial charge in [-0.2, -0.15) is 19.9 Å². The monoisotopic (exact) mass is 1830 g/mol. The van der Waals surface area contributed by atoms with Crippen molar-refractivity contribution < 1.29 is 151 Å². The molecular weight excluding hydrogens is 1750 g/mol. The summed E-state index contributed by atoms with van der Waals surface area (Å²) < 4.78 is 167. The summed E-state index contributed by atoms with van der Waals surface area (Å²) in [5.41, 5.74) is 22.3. The number of urea groups is 1. The quantitative estimate of drug-likeness (QED) is 0.0177. The van der Waals surface area contributed by atoms with Crippen LogP contribution in [0.4, 0.5) is 34.1 Å². The molecule has 7 aliphatic rings. The summed E-state index contributed by atoms with van der Waals surface area (Å²) in [6.07, 6.45) is -26.9. The van der Waals surface area contributed by atoms with E-state index in [1.807, 2.05) is 5.32 Å². The van der Waals surface area contributed by atoms with E-state index in [1.54, 1.807) is 0 Å². The minimum atomic E-state index is -5.73. The number of nitrogens with one attached hydrogen (secondary N) is 3. The van der Waals surface area contributed by atoms with Crippen molar-refractivity contribution in [2.75, 3.05) is 68.3 Å². The van der Waals surface area contributed by atoms with Gasteiger partial charge in [-0.3, -0.25) is 103 Å². The van der Waals surface area contributed by atoms with E-state index in [0.717, 1.165) is 34.9 Å². The molecule has 7 aliphatic heterocycles. The molecule has 0 radical (unpaired) electrons. The van der Waals surface area contributed by atoms with Gasteiger partial charge < -0.3 is 102 Å². The van der Waals surface area contributed by atoms with Gasteiger partial charge in [0.1, 0.15) is 128 Å². The molecule has 8 aromatic heterocycles. The molecule has 0 spiro atoms. The fourth-order valence-corrected chi connectivity index (χ4v) is 19.1. The first-order chi connectivity index (χ1) is 57.6. The number of ether oxygens (including phenoxy) is 6. The SMILES string of the molecule is CC1(O)C(=O)NC(=O)N([C@H]2C[C@H](OP(=O)(O)OC[C@H]3O[C@@H](n4ccc(N)nc4=O)C[C@@H]3OP(=O)(O)OC[C@H]3O[C@@H](n4cnc5c(=O)[nH]c(N)nc54)C[C@@H]3O)[C@@H](COP(=O)(O)O[C@H]3C[C@H](n4cnc5c(N)ncnc54)O[C@@H]3COP(=O)(O)O[C@H]3C[C@H](n4cnc5c(=O)[nH]c(N)nc54)O[C@@H]3COP(=O)(O)O[C@H]3C[C@H](n4ccc(N)nc4=O)O[C@@H]3CO)O2)C1O. The highest BCUT2D eigenvalue weighted by atomic mass is 31.2. The van der Waals surface area contributed by atoms with E-state index in [0.29, 0.717) is 4.90 Å². The maximum Gasteiger partial charge on any atom is 0.472 e. The lowest BCUT2D eigenvalue weighted by molar-refractivity contribution is -0.193. The summed E-state index contributed by atoms with van der Waals surface area (Å²) in [6.45, 7) is -5.41. The Morgan fingerprint density at radius 2 is 0.803 bits per heavy atom. The van der Waals surface area contributed by atoms with Gasteiger partial charge in [-0.1, -0.05) is 0 Å². The number of nitrogens with zero attached hydrogens (tertiary/aromatic N) is 15. The number of anilines is 5. The summed E-state index contributed by atoms with van der Waals surface area (Å²) in [5, 5.41) is 45.2. The first kappa shape index (κ1) is 88.0. The number of aliphatic hydroxyl groups is 4. The maximum atomic E-state index is 14.5. The Bertz CT molecular complexity index is 5820. The van der Waals surface area contributed by atoms with E-state index in [4.69, 9.17) is 102 Å². The molecule has 15 heterocycles. The van der Waals surface area contributed by atoms with Gasteiger partial charge in [-0.05, 0) is 19.1 Å². The molecule has 15 rings (SSSR count). The standard InChI is InChI=1S/C58H76N23O36P5/c1-58(91)51(86)75-57(90)81(52(58)87)41-11-27(117-122(100,101)104-14-30-24(8-38(109-30)77-5-3-35(60)70-56(77)89)114-118(92,93)102-13-29-22(83)6-36(108-29)79-20-67-43-47(79)71-53(62)73-49(43)84)33(112-41)17-106-121(98,99)115-25-9-39(78-19-66-42-45(61)64-18-65-46(42)78)110-31(25)15-105-120(96,97)116-26-10-40(80-21-68-44-48(80)72-54(63)74-50(44)85)111-32(26)16-103-119(94,95)113-23-7-37(107-28(23)12-82)76-4-2-34(59)69-55(76)88/h2-5,18-33,36-41,52,82-83,87,91H,6-17H2,1H3,(H,92,93)(H,94,95)(H,96,97)(H,98,99)(H,100,101)(H2,59,69,88)(H2,60,70,89)(H2,61,64,65)(H,75,86,90)(H3,62,71,73,84)(H3,63,72,74,85)/t22-,23-,24-,25-,26-,27-,28+,29+,30+,31+,32+,33+,36+,37+,38+,39+,40+,41+,52?,58?/m0/s1. The summed E-state index contributed by atoms with van der Waals surface area (Å²) in [4.78, 5) is 175. The van der Waals surface area contributed by atoms with Crippen molar-refractivity contribution in [1.82, 2.24) is 87.9 Å². The van der Waals surface area contributed by atoms with E-state index in [2.05, 4.69) is 54.8 Å². The molecule has 0 saturated carbocycles. The molecule has 664 valence electrons. The van der Waals surface area contributed by atoms with E-state index in [9.17, 15) is 96.5 Å². The van der Waals surface area contributed by atoms with Gasteiger partial charge in [0, 0.05) is 50.9 Å². The molecular formula is C58H76N23O36P5. The molecule has 122 heavy (non-hydrogen) atoms. The Labute approximate surface area is 678 Å². The van der Waals surface area contributed by atoms with E-state index in [-0.39, 0.29) is 75.7 Å². The third-order valence-corrected chi connectivity index (χ3v) is 25.2. The number of rotatable bonds is 32. The number of amides is 3. The zero-order valence-electron chi connectivity index (χ0n) is 62.5. The molecule has 59 nitrogen and oxygen atoms in total. The summed E-state index contributed by atoms with van der Waals surface area (Å²) >= 11 is 0. The number of nitrogens with two attached hydrogens (primary N) is 5. The van der Waals surface area contributed by atoms with E-state index < -0.39 is 261 Å². The van der Waals surface area contributed by atoms with Gasteiger partial charge in [0.05, 0.1) is 64.7 Å². The number of carbonyl (C=O) groups excluding carboxylic acids is 2. The van der Waals surface area contributed by atoms with Crippen molar-refractivity contribution in [3.8, 4) is 0 Å². The molecule has 25 atom stereocenters. The van der Waals surface area contributed by atoms with Crippen LogP contribution in [0.15, 0.2) is 69.0 Å². The molecule has 8 aromatic rings. The third-order valence-electron chi connectivity index (χ3n) is 20.2. The number of H-pyrrole nitrogens is 2. The van der Waals surface area contributed by atoms with Crippen LogP contribution in [0, 0.1) is 0 Å². The molecule has 64 heteroatoms. The number of imidazole rings is 3. The molecule has 3 amide bonds. The number of imide groups is 1. The lowest BCUT2D eigenvalue weighted by Gasteiger charge is -2.42. The van der Waals surface area contributed by atoms with Gasteiger partial charge in [-0.25, -0.2) is 62.1 Å². The normalized spacial score (nSPS) is 32.0.